The lowest BCUT2D eigenvalue weighted by Crippen LogP contribution is -2.57. The molecule has 1 aromatic rings. The Bertz CT molecular complexity index is 491. The number of hydrogen-bond donors (Lipinski definition) is 1. The van der Waals surface area contributed by atoms with Crippen LogP contribution in [0.4, 0.5) is 0 Å². The molecule has 0 aliphatic carbocycles. The predicted molar refractivity (Wildman–Crippen MR) is 90.7 cm³/mol. The number of carbonyl (C=O) groups excluding carboxylic acids is 1. The van der Waals surface area contributed by atoms with E-state index in [9.17, 15) is 4.79 Å². The molecule has 1 aliphatic rings. The topological polar surface area (TPSA) is 47.6 Å². The molecule has 0 saturated carbocycles. The van der Waals surface area contributed by atoms with Gasteiger partial charge in [0, 0.05) is 6.92 Å². The van der Waals surface area contributed by atoms with Crippen molar-refractivity contribution >= 4 is 5.91 Å². The largest absolute Gasteiger partial charge is 0.348 e. The van der Waals surface area contributed by atoms with Crippen molar-refractivity contribution in [2.75, 3.05) is 0 Å². The van der Waals surface area contributed by atoms with E-state index in [0.29, 0.717) is 18.4 Å². The number of amides is 1. The van der Waals surface area contributed by atoms with Crippen LogP contribution in [0.25, 0.3) is 0 Å². The van der Waals surface area contributed by atoms with Crippen LogP contribution in [0.2, 0.25) is 0 Å². The van der Waals surface area contributed by atoms with Crippen molar-refractivity contribution in [1.82, 2.24) is 5.32 Å². The average Bonchev–Trinajstić information content (AvgIpc) is 2.55. The van der Waals surface area contributed by atoms with Gasteiger partial charge in [-0.3, -0.25) is 4.79 Å². The van der Waals surface area contributed by atoms with E-state index < -0.39 is 6.29 Å². The highest BCUT2D eigenvalue weighted by Gasteiger charge is 2.42. The van der Waals surface area contributed by atoms with E-state index in [-0.39, 0.29) is 18.1 Å². The highest BCUT2D eigenvalue weighted by atomic mass is 16.7. The lowest BCUT2D eigenvalue weighted by Gasteiger charge is -2.45. The van der Waals surface area contributed by atoms with Gasteiger partial charge in [0.2, 0.25) is 5.91 Å². The second kappa shape index (κ2) is 8.46. The molecule has 1 N–H and O–H groups in total. The maximum Gasteiger partial charge on any atom is 0.217 e. The maximum absolute atomic E-state index is 11.6. The van der Waals surface area contributed by atoms with Gasteiger partial charge >= 0.3 is 0 Å². The Morgan fingerprint density at radius 2 is 1.91 bits per heavy atom. The second-order valence-electron chi connectivity index (χ2n) is 6.41. The van der Waals surface area contributed by atoms with Crippen molar-refractivity contribution in [1.29, 1.82) is 0 Å². The van der Waals surface area contributed by atoms with Crippen LogP contribution >= 0.6 is 0 Å². The molecule has 1 aliphatic heterocycles. The van der Waals surface area contributed by atoms with Gasteiger partial charge < -0.3 is 14.8 Å². The van der Waals surface area contributed by atoms with Gasteiger partial charge in [0.1, 0.15) is 0 Å². The molecule has 1 heterocycles. The van der Waals surface area contributed by atoms with Gasteiger partial charge in [0.15, 0.2) is 6.29 Å². The zero-order valence-corrected chi connectivity index (χ0v) is 14.6. The Morgan fingerprint density at radius 3 is 2.48 bits per heavy atom. The summed E-state index contributed by atoms with van der Waals surface area (Å²) in [6.07, 6.45) is 1.78. The van der Waals surface area contributed by atoms with Crippen molar-refractivity contribution in [2.45, 2.75) is 65.6 Å². The summed E-state index contributed by atoms with van der Waals surface area (Å²) in [5.74, 6) is 0.723. The standard InChI is InChI=1S/C19H29NO3/c1-5-16-13(3)18(20-14(4)21)19(23-17(16)6-2)22-12-15-10-8-7-9-11-15/h7-11,13,16-19H,5-6,12H2,1-4H3,(H,20,21). The molecule has 1 amide bonds. The lowest BCUT2D eigenvalue weighted by molar-refractivity contribution is -0.243. The Kier molecular flexibility index (Phi) is 6.60. The first-order chi connectivity index (χ1) is 11.1. The fourth-order valence-corrected chi connectivity index (χ4v) is 3.57. The molecule has 1 aromatic carbocycles. The van der Waals surface area contributed by atoms with Crippen molar-refractivity contribution in [3.05, 3.63) is 35.9 Å². The van der Waals surface area contributed by atoms with Crippen LogP contribution in [0.15, 0.2) is 30.3 Å². The fourth-order valence-electron chi connectivity index (χ4n) is 3.57. The Hall–Kier alpha value is -1.39. The summed E-state index contributed by atoms with van der Waals surface area (Å²) in [7, 11) is 0. The third-order valence-corrected chi connectivity index (χ3v) is 4.82. The summed E-state index contributed by atoms with van der Waals surface area (Å²) < 4.78 is 12.2. The van der Waals surface area contributed by atoms with Gasteiger partial charge in [-0.15, -0.1) is 0 Å². The van der Waals surface area contributed by atoms with Gasteiger partial charge in [-0.2, -0.15) is 0 Å². The molecule has 1 saturated heterocycles. The van der Waals surface area contributed by atoms with Crippen molar-refractivity contribution < 1.29 is 14.3 Å². The van der Waals surface area contributed by atoms with E-state index in [4.69, 9.17) is 9.47 Å². The predicted octanol–water partition coefficient (Wildman–Crippen LogP) is 3.51. The fraction of sp³-hybridized carbons (Fsp3) is 0.632. The van der Waals surface area contributed by atoms with E-state index in [1.165, 1.54) is 0 Å². The molecule has 5 atom stereocenters. The SMILES string of the molecule is CCC1OC(OCc2ccccc2)C(NC(C)=O)C(C)C1CC. The van der Waals surface area contributed by atoms with Crippen LogP contribution in [-0.4, -0.2) is 24.3 Å². The van der Waals surface area contributed by atoms with E-state index in [1.807, 2.05) is 30.3 Å². The first-order valence-electron chi connectivity index (χ1n) is 8.64. The number of hydrogen-bond acceptors (Lipinski definition) is 3. The normalized spacial score (nSPS) is 30.9. The van der Waals surface area contributed by atoms with Crippen molar-refractivity contribution in [2.24, 2.45) is 11.8 Å². The molecule has 1 fully saturated rings. The van der Waals surface area contributed by atoms with E-state index in [2.05, 4.69) is 26.1 Å². The number of benzene rings is 1. The average molecular weight is 319 g/mol. The minimum absolute atomic E-state index is 0.0384. The molecular weight excluding hydrogens is 290 g/mol. The summed E-state index contributed by atoms with van der Waals surface area (Å²) >= 11 is 0. The Labute approximate surface area is 139 Å². The third kappa shape index (κ3) is 4.55. The summed E-state index contributed by atoms with van der Waals surface area (Å²) in [6.45, 7) is 8.56. The third-order valence-electron chi connectivity index (χ3n) is 4.82. The minimum Gasteiger partial charge on any atom is -0.348 e. The van der Waals surface area contributed by atoms with Crippen LogP contribution in [0, 0.1) is 11.8 Å². The smallest absolute Gasteiger partial charge is 0.217 e. The van der Waals surface area contributed by atoms with Crippen LogP contribution in [0.5, 0.6) is 0 Å². The lowest BCUT2D eigenvalue weighted by atomic mass is 9.78. The summed E-state index contributed by atoms with van der Waals surface area (Å²) in [5, 5.41) is 3.04. The molecule has 128 valence electrons. The maximum atomic E-state index is 11.6. The molecule has 4 nitrogen and oxygen atoms in total. The van der Waals surface area contributed by atoms with Gasteiger partial charge in [0.05, 0.1) is 18.8 Å². The molecule has 0 spiro atoms. The van der Waals surface area contributed by atoms with E-state index in [0.717, 1.165) is 18.4 Å². The second-order valence-corrected chi connectivity index (χ2v) is 6.41. The number of carbonyl (C=O) groups is 1. The zero-order valence-electron chi connectivity index (χ0n) is 14.6. The molecule has 2 rings (SSSR count). The Morgan fingerprint density at radius 1 is 1.22 bits per heavy atom. The zero-order chi connectivity index (χ0) is 16.8. The highest BCUT2D eigenvalue weighted by molar-refractivity contribution is 5.73. The first-order valence-corrected chi connectivity index (χ1v) is 8.64. The monoisotopic (exact) mass is 319 g/mol. The minimum atomic E-state index is -0.401. The number of nitrogens with one attached hydrogen (secondary N) is 1. The summed E-state index contributed by atoms with van der Waals surface area (Å²) in [4.78, 5) is 11.6. The summed E-state index contributed by atoms with van der Waals surface area (Å²) in [6, 6.07) is 9.94. The van der Waals surface area contributed by atoms with Gasteiger partial charge in [-0.1, -0.05) is 57.5 Å². The van der Waals surface area contributed by atoms with Crippen LogP contribution in [-0.2, 0) is 20.9 Å². The summed E-state index contributed by atoms with van der Waals surface area (Å²) in [5.41, 5.74) is 1.11. The van der Waals surface area contributed by atoms with E-state index in [1.54, 1.807) is 6.92 Å². The molecule has 0 aromatic heterocycles. The van der Waals surface area contributed by atoms with Crippen molar-refractivity contribution in [3.8, 4) is 0 Å². The Balaban J connectivity index is 2.10. The first kappa shape index (κ1) is 18.0. The van der Waals surface area contributed by atoms with E-state index >= 15 is 0 Å². The van der Waals surface area contributed by atoms with Gasteiger partial charge in [0.25, 0.3) is 0 Å². The molecule has 23 heavy (non-hydrogen) atoms. The van der Waals surface area contributed by atoms with Crippen LogP contribution < -0.4 is 5.32 Å². The number of rotatable bonds is 6. The number of ether oxygens (including phenoxy) is 2. The molecule has 0 bridgehead atoms. The highest BCUT2D eigenvalue weighted by Crippen LogP contribution is 2.35. The molecule has 5 unspecified atom stereocenters. The molecular formula is C19H29NO3. The molecule has 4 heteroatoms. The van der Waals surface area contributed by atoms with Crippen LogP contribution in [0.3, 0.4) is 0 Å². The van der Waals surface area contributed by atoms with Gasteiger partial charge in [-0.05, 0) is 23.8 Å². The van der Waals surface area contributed by atoms with Crippen LogP contribution in [0.1, 0.15) is 46.1 Å². The molecule has 0 radical (unpaired) electrons. The van der Waals surface area contributed by atoms with Crippen molar-refractivity contribution in [3.63, 3.8) is 0 Å². The quantitative estimate of drug-likeness (QED) is 0.873. The van der Waals surface area contributed by atoms with Gasteiger partial charge in [-0.25, -0.2) is 0 Å².